The van der Waals surface area contributed by atoms with Crippen LogP contribution in [-0.2, 0) is 4.74 Å². The molecular formula is C25H29N5O3. The topological polar surface area (TPSA) is 89.5 Å². The summed E-state index contributed by atoms with van der Waals surface area (Å²) in [6.45, 7) is 6.56. The molecule has 33 heavy (non-hydrogen) atoms. The molecule has 172 valence electrons. The Bertz CT molecular complexity index is 1060. The van der Waals surface area contributed by atoms with Gasteiger partial charge < -0.3 is 14.8 Å². The van der Waals surface area contributed by atoms with E-state index in [2.05, 4.69) is 27.2 Å². The lowest BCUT2D eigenvalue weighted by atomic mass is 10.0. The molecule has 0 unspecified atom stereocenters. The van der Waals surface area contributed by atoms with Crippen molar-refractivity contribution in [1.29, 1.82) is 0 Å². The summed E-state index contributed by atoms with van der Waals surface area (Å²) in [7, 11) is 0. The minimum atomic E-state index is -0.426. The van der Waals surface area contributed by atoms with E-state index in [-0.39, 0.29) is 18.0 Å². The van der Waals surface area contributed by atoms with Gasteiger partial charge in [0, 0.05) is 0 Å². The number of benzene rings is 2. The normalized spacial score (nSPS) is 16.5. The van der Waals surface area contributed by atoms with Gasteiger partial charge in [-0.3, -0.25) is 0 Å². The molecular weight excluding hydrogens is 418 g/mol. The molecule has 1 N–H and O–H groups in total. The Labute approximate surface area is 194 Å². The van der Waals surface area contributed by atoms with E-state index in [0.29, 0.717) is 18.5 Å². The van der Waals surface area contributed by atoms with Crippen molar-refractivity contribution < 1.29 is 14.3 Å². The zero-order chi connectivity index (χ0) is 23.2. The van der Waals surface area contributed by atoms with Crippen molar-refractivity contribution in [2.45, 2.75) is 45.7 Å². The molecule has 1 aliphatic heterocycles. The van der Waals surface area contributed by atoms with Gasteiger partial charge in [0.15, 0.2) is 0 Å². The first-order valence-electron chi connectivity index (χ1n) is 11.3. The van der Waals surface area contributed by atoms with Crippen LogP contribution in [0.15, 0.2) is 60.9 Å². The predicted molar refractivity (Wildman–Crippen MR) is 127 cm³/mol. The number of rotatable bonds is 9. The van der Waals surface area contributed by atoms with Crippen molar-refractivity contribution in [1.82, 2.24) is 15.0 Å². The zero-order valence-corrected chi connectivity index (χ0v) is 19.1. The van der Waals surface area contributed by atoms with Gasteiger partial charge in [-0.05, 0) is 42.2 Å². The SMILES string of the molecule is CCC[C@@H](Nc1ncnc(N2C(=O)OC[C@@H]2C(C)C)n1)c1ccc(Oc2ccccc2)cc1. The number of ether oxygens (including phenoxy) is 2. The highest BCUT2D eigenvalue weighted by atomic mass is 16.6. The van der Waals surface area contributed by atoms with Crippen LogP contribution in [0.5, 0.6) is 11.5 Å². The van der Waals surface area contributed by atoms with Crippen molar-refractivity contribution in [2.24, 2.45) is 5.92 Å². The largest absolute Gasteiger partial charge is 0.457 e. The van der Waals surface area contributed by atoms with E-state index < -0.39 is 6.09 Å². The Morgan fingerprint density at radius 2 is 1.82 bits per heavy atom. The summed E-state index contributed by atoms with van der Waals surface area (Å²) in [6, 6.07) is 17.6. The Kier molecular flexibility index (Phi) is 7.02. The smallest absolute Gasteiger partial charge is 0.417 e. The van der Waals surface area contributed by atoms with Crippen LogP contribution in [0.25, 0.3) is 0 Å². The number of hydrogen-bond acceptors (Lipinski definition) is 7. The molecule has 8 nitrogen and oxygen atoms in total. The molecule has 0 aliphatic carbocycles. The van der Waals surface area contributed by atoms with Crippen LogP contribution in [0.2, 0.25) is 0 Å². The second-order valence-corrected chi connectivity index (χ2v) is 8.34. The first kappa shape index (κ1) is 22.5. The molecule has 0 radical (unpaired) electrons. The van der Waals surface area contributed by atoms with Crippen molar-refractivity contribution in [3.8, 4) is 11.5 Å². The highest BCUT2D eigenvalue weighted by molar-refractivity contribution is 5.88. The average Bonchev–Trinajstić information content (AvgIpc) is 3.22. The lowest BCUT2D eigenvalue weighted by molar-refractivity contribution is 0.177. The molecule has 0 saturated carbocycles. The summed E-state index contributed by atoms with van der Waals surface area (Å²) < 4.78 is 11.1. The number of nitrogens with one attached hydrogen (secondary N) is 1. The number of aromatic nitrogens is 3. The minimum Gasteiger partial charge on any atom is -0.457 e. The predicted octanol–water partition coefficient (Wildman–Crippen LogP) is 5.60. The number of hydrogen-bond donors (Lipinski definition) is 1. The molecule has 8 heteroatoms. The Hall–Kier alpha value is -3.68. The lowest BCUT2D eigenvalue weighted by Gasteiger charge is -2.23. The van der Waals surface area contributed by atoms with E-state index in [1.165, 1.54) is 11.2 Å². The Morgan fingerprint density at radius 3 is 2.52 bits per heavy atom. The van der Waals surface area contributed by atoms with Crippen molar-refractivity contribution in [3.63, 3.8) is 0 Å². The molecule has 1 fully saturated rings. The number of para-hydroxylation sites is 1. The Balaban J connectivity index is 1.50. The number of cyclic esters (lactones) is 1. The van der Waals surface area contributed by atoms with E-state index in [0.717, 1.165) is 29.9 Å². The molecule has 1 aromatic heterocycles. The molecule has 0 bridgehead atoms. The third-order valence-electron chi connectivity index (χ3n) is 5.59. The maximum Gasteiger partial charge on any atom is 0.417 e. The van der Waals surface area contributed by atoms with Crippen LogP contribution in [0.3, 0.4) is 0 Å². The molecule has 2 aromatic carbocycles. The van der Waals surface area contributed by atoms with Gasteiger partial charge in [0.2, 0.25) is 11.9 Å². The first-order valence-corrected chi connectivity index (χ1v) is 11.3. The summed E-state index contributed by atoms with van der Waals surface area (Å²) in [5.74, 6) is 2.51. The monoisotopic (exact) mass is 447 g/mol. The van der Waals surface area contributed by atoms with E-state index >= 15 is 0 Å². The van der Waals surface area contributed by atoms with Gasteiger partial charge >= 0.3 is 6.09 Å². The van der Waals surface area contributed by atoms with Gasteiger partial charge in [0.05, 0.1) is 12.1 Å². The summed E-state index contributed by atoms with van der Waals surface area (Å²) >= 11 is 0. The highest BCUT2D eigenvalue weighted by Crippen LogP contribution is 2.28. The standard InChI is InChI=1S/C25H29N5O3/c1-4-8-21(18-11-13-20(14-12-18)33-19-9-6-5-7-10-19)28-23-26-16-27-24(29-23)30-22(17(2)3)15-32-25(30)31/h5-7,9-14,16-17,21-22H,4,8,15H2,1-3H3,(H,26,27,28,29)/t21-,22-/m1/s1. The van der Waals surface area contributed by atoms with Gasteiger partial charge in [0.1, 0.15) is 24.4 Å². The van der Waals surface area contributed by atoms with E-state index in [1.807, 2.05) is 68.4 Å². The van der Waals surface area contributed by atoms with Crippen LogP contribution in [-0.4, -0.2) is 33.7 Å². The number of carbonyl (C=O) groups excluding carboxylic acids is 1. The van der Waals surface area contributed by atoms with Crippen molar-refractivity contribution in [2.75, 3.05) is 16.8 Å². The molecule has 1 saturated heterocycles. The summed E-state index contributed by atoms with van der Waals surface area (Å²) in [6.07, 6.45) is 2.87. The van der Waals surface area contributed by atoms with Gasteiger partial charge in [-0.15, -0.1) is 0 Å². The molecule has 0 spiro atoms. The second-order valence-electron chi connectivity index (χ2n) is 8.34. The molecule has 4 rings (SSSR count). The van der Waals surface area contributed by atoms with Gasteiger partial charge in [0.25, 0.3) is 0 Å². The van der Waals surface area contributed by atoms with Crippen LogP contribution < -0.4 is 15.0 Å². The maximum absolute atomic E-state index is 12.3. The van der Waals surface area contributed by atoms with Crippen LogP contribution in [0.1, 0.15) is 45.2 Å². The minimum absolute atomic E-state index is 0.00227. The Morgan fingerprint density at radius 1 is 1.09 bits per heavy atom. The fourth-order valence-electron chi connectivity index (χ4n) is 3.79. The van der Waals surface area contributed by atoms with E-state index in [4.69, 9.17) is 9.47 Å². The maximum atomic E-state index is 12.3. The first-order chi connectivity index (χ1) is 16.0. The lowest BCUT2D eigenvalue weighted by Crippen LogP contribution is -2.38. The molecule has 2 atom stereocenters. The molecule has 1 aliphatic rings. The van der Waals surface area contributed by atoms with Gasteiger partial charge in [-0.25, -0.2) is 19.7 Å². The van der Waals surface area contributed by atoms with Gasteiger partial charge in [-0.1, -0.05) is 57.5 Å². The fraction of sp³-hybridized carbons (Fsp3) is 0.360. The number of anilines is 2. The third-order valence-corrected chi connectivity index (χ3v) is 5.59. The fourth-order valence-corrected chi connectivity index (χ4v) is 3.79. The van der Waals surface area contributed by atoms with Gasteiger partial charge in [-0.2, -0.15) is 4.98 Å². The van der Waals surface area contributed by atoms with Crippen LogP contribution >= 0.6 is 0 Å². The quantitative estimate of drug-likeness (QED) is 0.457. The van der Waals surface area contributed by atoms with Crippen molar-refractivity contribution in [3.05, 3.63) is 66.5 Å². The number of carbonyl (C=O) groups is 1. The molecule has 2 heterocycles. The zero-order valence-electron chi connectivity index (χ0n) is 19.1. The summed E-state index contributed by atoms with van der Waals surface area (Å²) in [5, 5.41) is 3.41. The van der Waals surface area contributed by atoms with Crippen molar-refractivity contribution >= 4 is 18.0 Å². The van der Waals surface area contributed by atoms with Crippen LogP contribution in [0.4, 0.5) is 16.7 Å². The average molecular weight is 448 g/mol. The number of amides is 1. The molecule has 3 aromatic rings. The van der Waals surface area contributed by atoms with E-state index in [1.54, 1.807) is 0 Å². The highest BCUT2D eigenvalue weighted by Gasteiger charge is 2.38. The number of nitrogens with zero attached hydrogens (tertiary/aromatic N) is 4. The van der Waals surface area contributed by atoms with E-state index in [9.17, 15) is 4.79 Å². The van der Waals surface area contributed by atoms with Crippen LogP contribution in [0, 0.1) is 5.92 Å². The summed E-state index contributed by atoms with van der Waals surface area (Å²) in [5.41, 5.74) is 1.10. The summed E-state index contributed by atoms with van der Waals surface area (Å²) in [4.78, 5) is 26.8. The molecule has 1 amide bonds. The second kappa shape index (κ2) is 10.3. The third kappa shape index (κ3) is 5.39.